The summed E-state index contributed by atoms with van der Waals surface area (Å²) in [7, 11) is 1.54. The number of urea groups is 1. The van der Waals surface area contributed by atoms with Crippen molar-refractivity contribution in [2.45, 2.75) is 26.9 Å². The fourth-order valence-electron chi connectivity index (χ4n) is 4.81. The number of nitrogens with zero attached hydrogens (tertiary/aromatic N) is 1. The fourth-order valence-corrected chi connectivity index (χ4v) is 5.60. The van der Waals surface area contributed by atoms with Crippen molar-refractivity contribution < 1.29 is 23.9 Å². The number of halogens is 1. The van der Waals surface area contributed by atoms with Gasteiger partial charge in [0.2, 0.25) is 0 Å². The molecule has 0 atom stereocenters. The van der Waals surface area contributed by atoms with E-state index in [0.717, 1.165) is 35.9 Å². The molecular formula is C32H27IN2O5. The van der Waals surface area contributed by atoms with Crippen molar-refractivity contribution in [2.24, 2.45) is 0 Å². The fraction of sp³-hybridized carbons (Fsp3) is 0.156. The van der Waals surface area contributed by atoms with Crippen molar-refractivity contribution in [3.63, 3.8) is 0 Å². The van der Waals surface area contributed by atoms with Crippen LogP contribution < -0.4 is 19.7 Å². The van der Waals surface area contributed by atoms with Gasteiger partial charge in [-0.2, -0.15) is 0 Å². The van der Waals surface area contributed by atoms with Crippen LogP contribution in [-0.2, 0) is 22.6 Å². The molecule has 1 N–H and O–H groups in total. The lowest BCUT2D eigenvalue weighted by Crippen LogP contribution is -2.54. The lowest BCUT2D eigenvalue weighted by Gasteiger charge is -2.28. The number of carbonyl (C=O) groups excluding carboxylic acids is 3. The molecule has 0 aliphatic carbocycles. The van der Waals surface area contributed by atoms with E-state index in [-0.39, 0.29) is 5.57 Å². The van der Waals surface area contributed by atoms with Gasteiger partial charge in [-0.15, -0.1) is 0 Å². The number of para-hydroxylation sites is 1. The molecule has 8 heteroatoms. The Hall–Kier alpha value is -4.18. The molecule has 0 radical (unpaired) electrons. The minimum atomic E-state index is -0.771. The first-order valence-corrected chi connectivity index (χ1v) is 13.9. The van der Waals surface area contributed by atoms with Gasteiger partial charge in [-0.1, -0.05) is 61.5 Å². The molecule has 0 unspecified atom stereocenters. The SMILES string of the molecule is CCc1ccccc1N1C(=O)NC(=O)/C(=C/c2cc(I)c(OCc3c(C)ccc4ccccc34)c(OC)c2)C1=O. The van der Waals surface area contributed by atoms with Crippen LogP contribution in [0.1, 0.15) is 29.2 Å². The Morgan fingerprint density at radius 1 is 0.975 bits per heavy atom. The summed E-state index contributed by atoms with van der Waals surface area (Å²) >= 11 is 2.15. The van der Waals surface area contributed by atoms with Crippen molar-refractivity contribution in [1.82, 2.24) is 5.32 Å². The molecule has 0 bridgehead atoms. The Bertz CT molecular complexity index is 1690. The number of nitrogens with one attached hydrogen (secondary N) is 1. The second-order valence-electron chi connectivity index (χ2n) is 9.35. The van der Waals surface area contributed by atoms with E-state index in [0.29, 0.717) is 35.8 Å². The topological polar surface area (TPSA) is 84.9 Å². The van der Waals surface area contributed by atoms with E-state index in [1.165, 1.54) is 6.08 Å². The number of ether oxygens (including phenoxy) is 2. The third-order valence-corrected chi connectivity index (χ3v) is 7.71. The molecular weight excluding hydrogens is 619 g/mol. The smallest absolute Gasteiger partial charge is 0.335 e. The van der Waals surface area contributed by atoms with E-state index in [1.54, 1.807) is 25.3 Å². The molecule has 7 nitrogen and oxygen atoms in total. The van der Waals surface area contributed by atoms with Crippen molar-refractivity contribution in [1.29, 1.82) is 0 Å². The molecule has 1 heterocycles. The molecule has 0 aromatic heterocycles. The number of hydrogen-bond acceptors (Lipinski definition) is 5. The molecule has 4 aromatic carbocycles. The summed E-state index contributed by atoms with van der Waals surface area (Å²) in [5, 5.41) is 4.56. The molecule has 1 aliphatic rings. The highest BCUT2D eigenvalue weighted by Crippen LogP contribution is 2.36. The van der Waals surface area contributed by atoms with Crippen LogP contribution in [0.2, 0.25) is 0 Å². The van der Waals surface area contributed by atoms with Crippen LogP contribution in [0.3, 0.4) is 0 Å². The molecule has 202 valence electrons. The monoisotopic (exact) mass is 646 g/mol. The number of anilines is 1. The number of carbonyl (C=O) groups is 3. The summed E-state index contributed by atoms with van der Waals surface area (Å²) in [6.45, 7) is 4.34. The molecule has 5 rings (SSSR count). The third-order valence-electron chi connectivity index (χ3n) is 6.91. The van der Waals surface area contributed by atoms with Crippen LogP contribution in [0, 0.1) is 10.5 Å². The van der Waals surface area contributed by atoms with Gasteiger partial charge in [0, 0.05) is 5.56 Å². The average Bonchev–Trinajstić information content (AvgIpc) is 2.95. The van der Waals surface area contributed by atoms with E-state index in [1.807, 2.05) is 37.3 Å². The predicted molar refractivity (Wildman–Crippen MR) is 164 cm³/mol. The molecule has 0 saturated carbocycles. The number of methoxy groups -OCH3 is 1. The first kappa shape index (κ1) is 27.4. The number of fused-ring (bicyclic) bond motifs is 1. The van der Waals surface area contributed by atoms with Gasteiger partial charge in [0.25, 0.3) is 11.8 Å². The molecule has 1 aliphatic heterocycles. The van der Waals surface area contributed by atoms with Gasteiger partial charge in [-0.25, -0.2) is 9.69 Å². The first-order chi connectivity index (χ1) is 19.3. The Morgan fingerprint density at radius 3 is 2.50 bits per heavy atom. The minimum Gasteiger partial charge on any atom is -0.493 e. The zero-order valence-corrected chi connectivity index (χ0v) is 24.4. The van der Waals surface area contributed by atoms with Gasteiger partial charge in [-0.3, -0.25) is 14.9 Å². The van der Waals surface area contributed by atoms with Crippen LogP contribution in [0.25, 0.3) is 16.8 Å². The lowest BCUT2D eigenvalue weighted by molar-refractivity contribution is -0.122. The highest BCUT2D eigenvalue weighted by Gasteiger charge is 2.37. The van der Waals surface area contributed by atoms with Crippen molar-refractivity contribution >= 4 is 63.0 Å². The van der Waals surface area contributed by atoms with Gasteiger partial charge >= 0.3 is 6.03 Å². The Kier molecular flexibility index (Phi) is 7.88. The molecule has 4 aromatic rings. The molecule has 4 amide bonds. The van der Waals surface area contributed by atoms with E-state index < -0.39 is 17.8 Å². The maximum atomic E-state index is 13.4. The summed E-state index contributed by atoms with van der Waals surface area (Å²) < 4.78 is 12.7. The Labute approximate surface area is 245 Å². The standard InChI is InChI=1S/C32H27IN2O5/c1-4-21-9-6-8-12-27(21)35-31(37)24(30(36)34-32(35)38)15-20-16-26(33)29(28(17-20)39-3)40-18-25-19(2)13-14-22-10-5-7-11-23(22)25/h5-17H,4,18H2,1-3H3,(H,34,36,38)/b24-15-. The molecule has 1 fully saturated rings. The Balaban J connectivity index is 1.47. The minimum absolute atomic E-state index is 0.150. The van der Waals surface area contributed by atoms with Gasteiger partial charge < -0.3 is 9.47 Å². The van der Waals surface area contributed by atoms with Gasteiger partial charge in [0.05, 0.1) is 16.4 Å². The number of rotatable bonds is 7. The van der Waals surface area contributed by atoms with E-state index >= 15 is 0 Å². The summed E-state index contributed by atoms with van der Waals surface area (Å²) in [4.78, 5) is 39.9. The van der Waals surface area contributed by atoms with Crippen LogP contribution in [0.15, 0.2) is 78.4 Å². The van der Waals surface area contributed by atoms with Crippen molar-refractivity contribution in [2.75, 3.05) is 12.0 Å². The maximum Gasteiger partial charge on any atom is 0.335 e. The van der Waals surface area contributed by atoms with Crippen LogP contribution in [0.5, 0.6) is 11.5 Å². The maximum absolute atomic E-state index is 13.4. The number of barbiturate groups is 1. The van der Waals surface area contributed by atoms with Crippen molar-refractivity contribution in [3.05, 3.63) is 104 Å². The largest absolute Gasteiger partial charge is 0.493 e. The van der Waals surface area contributed by atoms with Crippen LogP contribution in [-0.4, -0.2) is 25.0 Å². The van der Waals surface area contributed by atoms with E-state index in [9.17, 15) is 14.4 Å². The number of benzene rings is 4. The van der Waals surface area contributed by atoms with E-state index in [2.05, 4.69) is 59.1 Å². The summed E-state index contributed by atoms with van der Waals surface area (Å²) in [5.41, 5.74) is 3.89. The highest BCUT2D eigenvalue weighted by atomic mass is 127. The van der Waals surface area contributed by atoms with E-state index in [4.69, 9.17) is 9.47 Å². The van der Waals surface area contributed by atoms with Gasteiger partial charge in [-0.05, 0) is 87.7 Å². The second kappa shape index (κ2) is 11.5. The molecule has 0 spiro atoms. The number of amides is 4. The zero-order valence-electron chi connectivity index (χ0n) is 22.3. The van der Waals surface area contributed by atoms with Crippen molar-refractivity contribution in [3.8, 4) is 11.5 Å². The molecule has 40 heavy (non-hydrogen) atoms. The number of imide groups is 2. The summed E-state index contributed by atoms with van der Waals surface area (Å²) in [6, 6.07) is 22.2. The zero-order chi connectivity index (χ0) is 28.4. The van der Waals surface area contributed by atoms with Gasteiger partial charge in [0.1, 0.15) is 12.2 Å². The number of hydrogen-bond donors (Lipinski definition) is 1. The predicted octanol–water partition coefficient (Wildman–Crippen LogP) is 6.57. The van der Waals surface area contributed by atoms with Crippen LogP contribution >= 0.6 is 22.6 Å². The highest BCUT2D eigenvalue weighted by molar-refractivity contribution is 14.1. The quantitative estimate of drug-likeness (QED) is 0.140. The molecule has 1 saturated heterocycles. The number of aryl methyl sites for hydroxylation is 2. The van der Waals surface area contributed by atoms with Crippen LogP contribution in [0.4, 0.5) is 10.5 Å². The lowest BCUT2D eigenvalue weighted by atomic mass is 10.0. The second-order valence-corrected chi connectivity index (χ2v) is 10.5. The average molecular weight is 646 g/mol. The summed E-state index contributed by atoms with van der Waals surface area (Å²) in [6.07, 6.45) is 2.09. The Morgan fingerprint density at radius 2 is 1.73 bits per heavy atom. The first-order valence-electron chi connectivity index (χ1n) is 12.8. The van der Waals surface area contributed by atoms with Gasteiger partial charge in [0.15, 0.2) is 11.5 Å². The normalized spacial score (nSPS) is 14.6. The third kappa shape index (κ3) is 5.19. The summed E-state index contributed by atoms with van der Waals surface area (Å²) in [5.74, 6) is -0.411.